The third-order valence-electron chi connectivity index (χ3n) is 5.84. The Morgan fingerprint density at radius 3 is 2.56 bits per heavy atom. The van der Waals surface area contributed by atoms with Crippen molar-refractivity contribution in [2.75, 3.05) is 13.7 Å². The van der Waals surface area contributed by atoms with E-state index in [9.17, 15) is 18.4 Å². The maximum absolute atomic E-state index is 12.8. The predicted molar refractivity (Wildman–Crippen MR) is 128 cm³/mol. The van der Waals surface area contributed by atoms with E-state index in [0.29, 0.717) is 23.4 Å². The van der Waals surface area contributed by atoms with Gasteiger partial charge in [-0.25, -0.2) is 9.79 Å². The fraction of sp³-hybridized carbons (Fsp3) is 0.400. The molecular formula is C25H29F2N3O4. The number of aliphatic imine (C=N–C) groups is 1. The summed E-state index contributed by atoms with van der Waals surface area (Å²) in [5.41, 5.74) is 8.07. The van der Waals surface area contributed by atoms with Crippen LogP contribution in [0.5, 0.6) is 5.75 Å². The van der Waals surface area contributed by atoms with Crippen molar-refractivity contribution in [3.05, 3.63) is 57.5 Å². The van der Waals surface area contributed by atoms with Gasteiger partial charge in [-0.05, 0) is 36.5 Å². The molecule has 2 aromatic rings. The Hall–Kier alpha value is -3.49. The van der Waals surface area contributed by atoms with E-state index in [-0.39, 0.29) is 29.2 Å². The van der Waals surface area contributed by atoms with Crippen LogP contribution in [0, 0.1) is 5.41 Å². The van der Waals surface area contributed by atoms with Crippen LogP contribution in [0.4, 0.5) is 8.78 Å². The van der Waals surface area contributed by atoms with Gasteiger partial charge in [-0.15, -0.1) is 0 Å². The third-order valence-corrected chi connectivity index (χ3v) is 5.84. The van der Waals surface area contributed by atoms with Crippen molar-refractivity contribution in [3.63, 3.8) is 0 Å². The zero-order chi connectivity index (χ0) is 25.2. The van der Waals surface area contributed by atoms with Crippen molar-refractivity contribution < 1.29 is 23.0 Å². The lowest BCUT2D eigenvalue weighted by Crippen LogP contribution is -2.33. The lowest BCUT2D eigenvalue weighted by molar-refractivity contribution is 0.0523. The maximum atomic E-state index is 12.8. The molecule has 0 bridgehead atoms. The van der Waals surface area contributed by atoms with Crippen LogP contribution in [0.25, 0.3) is 16.8 Å². The molecule has 3 rings (SSSR count). The van der Waals surface area contributed by atoms with Crippen LogP contribution in [0.15, 0.2) is 40.4 Å². The monoisotopic (exact) mass is 473 g/mol. The van der Waals surface area contributed by atoms with Gasteiger partial charge in [0.1, 0.15) is 11.3 Å². The Kier molecular flexibility index (Phi) is 7.24. The van der Waals surface area contributed by atoms with Crippen LogP contribution in [0.2, 0.25) is 0 Å². The standard InChI is InChI=1S/C25H29F2N3O4/c1-6-34-23(32)18-13-30-19(10-20(18)31)16-9-21(33-5)17(15(11-28)12-29-24(26)27)7-14(16)8-22(30)25(2,3)4/h7,9-13,22,24H,6,8,28H2,1-5H3/b15-11+,29-12+. The minimum absolute atomic E-state index is 0.0246. The second-order valence-corrected chi connectivity index (χ2v) is 9.04. The van der Waals surface area contributed by atoms with E-state index >= 15 is 0 Å². The third kappa shape index (κ3) is 4.88. The highest BCUT2D eigenvalue weighted by Gasteiger charge is 2.34. The number of nitrogens with zero attached hydrogens (tertiary/aromatic N) is 2. The van der Waals surface area contributed by atoms with Gasteiger partial charge in [-0.1, -0.05) is 20.8 Å². The van der Waals surface area contributed by atoms with Crippen molar-refractivity contribution in [2.45, 2.75) is 46.7 Å². The van der Waals surface area contributed by atoms with E-state index in [1.807, 2.05) is 10.6 Å². The van der Waals surface area contributed by atoms with Crippen molar-refractivity contribution >= 4 is 17.8 Å². The molecule has 0 aliphatic carbocycles. The Morgan fingerprint density at radius 1 is 1.29 bits per heavy atom. The van der Waals surface area contributed by atoms with Gasteiger partial charge < -0.3 is 19.8 Å². The first-order valence-electron chi connectivity index (χ1n) is 10.9. The highest BCUT2D eigenvalue weighted by Crippen LogP contribution is 2.45. The molecule has 0 saturated carbocycles. The molecule has 1 aromatic carbocycles. The lowest BCUT2D eigenvalue weighted by Gasteiger charge is -2.39. The Morgan fingerprint density at radius 2 is 2.00 bits per heavy atom. The normalized spacial score (nSPS) is 15.9. The molecule has 1 aliphatic heterocycles. The summed E-state index contributed by atoms with van der Waals surface area (Å²) in [6.45, 7) is 5.19. The quantitative estimate of drug-likeness (QED) is 0.380. The topological polar surface area (TPSA) is 95.9 Å². The van der Waals surface area contributed by atoms with E-state index in [2.05, 4.69) is 25.8 Å². The van der Waals surface area contributed by atoms with Crippen molar-refractivity contribution in [3.8, 4) is 17.0 Å². The number of methoxy groups -OCH3 is 1. The molecule has 2 N–H and O–H groups in total. The fourth-order valence-corrected chi connectivity index (χ4v) is 4.18. The summed E-state index contributed by atoms with van der Waals surface area (Å²) >= 11 is 0. The molecule has 7 nitrogen and oxygen atoms in total. The summed E-state index contributed by atoms with van der Waals surface area (Å²) < 4.78 is 37.9. The van der Waals surface area contributed by atoms with E-state index in [0.717, 1.165) is 17.3 Å². The van der Waals surface area contributed by atoms with Gasteiger partial charge in [0.05, 0.1) is 19.4 Å². The molecule has 0 amide bonds. The number of fused-ring (bicyclic) bond motifs is 3. The number of aromatic nitrogens is 1. The number of ether oxygens (including phenoxy) is 2. The van der Waals surface area contributed by atoms with Crippen LogP contribution >= 0.6 is 0 Å². The molecule has 0 spiro atoms. The van der Waals surface area contributed by atoms with Gasteiger partial charge in [0.2, 0.25) is 0 Å². The number of hydrogen-bond donors (Lipinski definition) is 1. The molecule has 34 heavy (non-hydrogen) atoms. The maximum Gasteiger partial charge on any atom is 0.343 e. The SMILES string of the molecule is CCOC(=O)c1cn2c(cc1=O)-c1cc(OC)c(C(=C/N)/C=N/C(F)F)cc1CC2C(C)(C)C. The van der Waals surface area contributed by atoms with Gasteiger partial charge in [0.15, 0.2) is 5.43 Å². The molecule has 0 radical (unpaired) electrons. The first-order chi connectivity index (χ1) is 16.0. The zero-order valence-electron chi connectivity index (χ0n) is 19.9. The number of carbonyl (C=O) groups is 1. The fourth-order valence-electron chi connectivity index (χ4n) is 4.18. The summed E-state index contributed by atoms with van der Waals surface area (Å²) in [5.74, 6) is -0.274. The first-order valence-corrected chi connectivity index (χ1v) is 10.9. The number of alkyl halides is 2. The van der Waals surface area contributed by atoms with Crippen molar-refractivity contribution in [1.82, 2.24) is 4.57 Å². The van der Waals surface area contributed by atoms with E-state index < -0.39 is 17.9 Å². The summed E-state index contributed by atoms with van der Waals surface area (Å²) in [5, 5.41) is 0. The predicted octanol–water partition coefficient (Wildman–Crippen LogP) is 4.44. The number of hydrogen-bond acceptors (Lipinski definition) is 6. The highest BCUT2D eigenvalue weighted by atomic mass is 19.3. The highest BCUT2D eigenvalue weighted by molar-refractivity contribution is 6.11. The number of halogens is 2. The van der Waals surface area contributed by atoms with Gasteiger partial charge in [0.25, 0.3) is 0 Å². The minimum atomic E-state index is -2.86. The molecule has 0 fully saturated rings. The van der Waals surface area contributed by atoms with Crippen LogP contribution in [0.1, 0.15) is 55.2 Å². The van der Waals surface area contributed by atoms with E-state index in [1.54, 1.807) is 19.2 Å². The van der Waals surface area contributed by atoms with Crippen LogP contribution in [-0.2, 0) is 11.2 Å². The van der Waals surface area contributed by atoms with E-state index in [1.165, 1.54) is 19.4 Å². The van der Waals surface area contributed by atoms with Gasteiger partial charge in [0, 0.05) is 47.4 Å². The second kappa shape index (κ2) is 9.79. The summed E-state index contributed by atoms with van der Waals surface area (Å²) in [7, 11) is 1.46. The van der Waals surface area contributed by atoms with Gasteiger partial charge in [-0.2, -0.15) is 8.78 Å². The smallest absolute Gasteiger partial charge is 0.343 e. The second-order valence-electron chi connectivity index (χ2n) is 9.04. The Labute approximate surface area is 196 Å². The van der Waals surface area contributed by atoms with E-state index in [4.69, 9.17) is 15.2 Å². The van der Waals surface area contributed by atoms with Crippen molar-refractivity contribution in [1.29, 1.82) is 0 Å². The summed E-state index contributed by atoms with van der Waals surface area (Å²) in [6, 6.07) is 4.90. The molecule has 2 heterocycles. The Balaban J connectivity index is 2.27. The first kappa shape index (κ1) is 25.1. The molecule has 9 heteroatoms. The molecular weight excluding hydrogens is 444 g/mol. The number of nitrogens with two attached hydrogens (primary N) is 1. The molecule has 1 aliphatic rings. The number of rotatable bonds is 6. The summed E-state index contributed by atoms with van der Waals surface area (Å²) in [6.07, 6.45) is 4.35. The molecule has 0 saturated heterocycles. The average Bonchev–Trinajstić information content (AvgIpc) is 2.77. The molecule has 182 valence electrons. The van der Waals surface area contributed by atoms with Gasteiger partial charge >= 0.3 is 12.5 Å². The van der Waals surface area contributed by atoms with Crippen molar-refractivity contribution in [2.24, 2.45) is 16.1 Å². The molecule has 1 aromatic heterocycles. The Bertz CT molecular complexity index is 1210. The number of pyridine rings is 1. The molecule has 1 atom stereocenters. The van der Waals surface area contributed by atoms with Crippen LogP contribution in [-0.4, -0.2) is 37.0 Å². The van der Waals surface area contributed by atoms with Gasteiger partial charge in [-0.3, -0.25) is 4.79 Å². The van der Waals surface area contributed by atoms with Crippen LogP contribution in [0.3, 0.4) is 0 Å². The molecule has 1 unspecified atom stereocenters. The average molecular weight is 474 g/mol. The largest absolute Gasteiger partial charge is 0.496 e. The number of carbonyl (C=O) groups excluding carboxylic acids is 1. The minimum Gasteiger partial charge on any atom is -0.496 e. The number of esters is 1. The summed E-state index contributed by atoms with van der Waals surface area (Å²) in [4.78, 5) is 28.4. The zero-order valence-corrected chi connectivity index (χ0v) is 19.9. The number of benzene rings is 1. The number of allylic oxidation sites excluding steroid dienone is 1. The lowest BCUT2D eigenvalue weighted by atomic mass is 9.78. The van der Waals surface area contributed by atoms with Crippen LogP contribution < -0.4 is 15.9 Å².